The number of hydrogen-bond donors (Lipinski definition) is 2. The van der Waals surface area contributed by atoms with E-state index in [0.29, 0.717) is 17.1 Å². The van der Waals surface area contributed by atoms with E-state index in [9.17, 15) is 0 Å². The first-order valence-corrected chi connectivity index (χ1v) is 6.32. The van der Waals surface area contributed by atoms with Crippen molar-refractivity contribution in [2.45, 2.75) is 6.42 Å². The second-order valence-corrected chi connectivity index (χ2v) is 4.83. The molecule has 0 unspecified atom stereocenters. The summed E-state index contributed by atoms with van der Waals surface area (Å²) < 4.78 is 1.91. The van der Waals surface area contributed by atoms with E-state index in [1.54, 1.807) is 18.5 Å². The number of allylic oxidation sites excluding steroid dienone is 1. The normalized spacial score (nSPS) is 15.4. The predicted molar refractivity (Wildman–Crippen MR) is 79.1 cm³/mol. The molecule has 3 rings (SSSR count). The van der Waals surface area contributed by atoms with Crippen LogP contribution in [0.25, 0.3) is 5.69 Å². The number of terminal acetylenes is 1. The zero-order chi connectivity index (χ0) is 14.3. The van der Waals surface area contributed by atoms with Crippen molar-refractivity contribution in [1.82, 2.24) is 9.55 Å². The Morgan fingerprint density at radius 1 is 1.40 bits per heavy atom. The smallest absolute Gasteiger partial charge is 0.134 e. The van der Waals surface area contributed by atoms with Gasteiger partial charge in [-0.05, 0) is 24.1 Å². The summed E-state index contributed by atoms with van der Waals surface area (Å²) >= 11 is 6.06. The van der Waals surface area contributed by atoms with Gasteiger partial charge in [0.2, 0.25) is 0 Å². The van der Waals surface area contributed by atoms with Gasteiger partial charge in [-0.15, -0.1) is 6.42 Å². The third-order valence-corrected chi connectivity index (χ3v) is 3.55. The van der Waals surface area contributed by atoms with Crippen LogP contribution < -0.4 is 16.6 Å². The first-order valence-electron chi connectivity index (χ1n) is 5.94. The standard InChI is InChI=1S/C14H12ClN5/c1-2-11-13-6-10(7-16)20(17)14-5-9(15)3-4-12(14)19(13)8-18-11/h1,3-5,7-8H,6,16-17H2/b10-7-. The van der Waals surface area contributed by atoms with Crippen LogP contribution >= 0.6 is 11.6 Å². The van der Waals surface area contributed by atoms with Gasteiger partial charge in [-0.1, -0.05) is 11.6 Å². The molecule has 0 atom stereocenters. The Kier molecular flexibility index (Phi) is 2.90. The Bertz CT molecular complexity index is 753. The summed E-state index contributed by atoms with van der Waals surface area (Å²) in [6.07, 6.45) is 9.14. The molecule has 4 N–H and O–H groups in total. The molecule has 0 spiro atoms. The number of benzene rings is 1. The van der Waals surface area contributed by atoms with E-state index in [1.165, 1.54) is 11.2 Å². The molecule has 6 heteroatoms. The van der Waals surface area contributed by atoms with Gasteiger partial charge in [0.15, 0.2) is 0 Å². The van der Waals surface area contributed by atoms with Gasteiger partial charge < -0.3 is 5.73 Å². The fraction of sp³-hybridized carbons (Fsp3) is 0.0714. The number of fused-ring (bicyclic) bond motifs is 3. The second-order valence-electron chi connectivity index (χ2n) is 4.39. The third kappa shape index (κ3) is 1.74. The minimum atomic E-state index is 0.499. The van der Waals surface area contributed by atoms with Crippen molar-refractivity contribution < 1.29 is 0 Å². The number of nitrogens with two attached hydrogens (primary N) is 2. The first kappa shape index (κ1) is 12.6. The SMILES string of the molecule is C#Cc1ncn2c1C/C(=C/N)N(N)c1cc(Cl)ccc1-2. The molecule has 0 saturated heterocycles. The van der Waals surface area contributed by atoms with E-state index in [2.05, 4.69) is 10.9 Å². The summed E-state index contributed by atoms with van der Waals surface area (Å²) in [5.41, 5.74) is 9.47. The zero-order valence-electron chi connectivity index (χ0n) is 10.5. The summed E-state index contributed by atoms with van der Waals surface area (Å²) in [6, 6.07) is 5.46. The Morgan fingerprint density at radius 2 is 2.20 bits per heavy atom. The lowest BCUT2D eigenvalue weighted by Crippen LogP contribution is -2.31. The van der Waals surface area contributed by atoms with Gasteiger partial charge in [0.25, 0.3) is 0 Å². The summed E-state index contributed by atoms with van der Waals surface area (Å²) in [6.45, 7) is 0. The van der Waals surface area contributed by atoms with E-state index in [0.717, 1.165) is 22.8 Å². The molecule has 1 aliphatic heterocycles. The second kappa shape index (κ2) is 4.60. The van der Waals surface area contributed by atoms with Gasteiger partial charge in [0, 0.05) is 17.6 Å². The molecule has 2 aromatic rings. The molecule has 0 bridgehead atoms. The Morgan fingerprint density at radius 3 is 2.90 bits per heavy atom. The van der Waals surface area contributed by atoms with E-state index >= 15 is 0 Å². The van der Waals surface area contributed by atoms with Crippen LogP contribution in [-0.4, -0.2) is 9.55 Å². The van der Waals surface area contributed by atoms with Crippen LogP contribution in [0.5, 0.6) is 0 Å². The van der Waals surface area contributed by atoms with Crippen LogP contribution in [0.4, 0.5) is 5.69 Å². The van der Waals surface area contributed by atoms with Crippen molar-refractivity contribution in [3.8, 4) is 18.0 Å². The van der Waals surface area contributed by atoms with Gasteiger partial charge in [-0.3, -0.25) is 9.58 Å². The lowest BCUT2D eigenvalue weighted by molar-refractivity contribution is 0.919. The monoisotopic (exact) mass is 285 g/mol. The summed E-state index contributed by atoms with van der Waals surface area (Å²) in [7, 11) is 0. The molecule has 0 fully saturated rings. The molecule has 5 nitrogen and oxygen atoms in total. The van der Waals surface area contributed by atoms with Crippen LogP contribution in [0.3, 0.4) is 0 Å². The lowest BCUT2D eigenvalue weighted by atomic mass is 10.2. The maximum Gasteiger partial charge on any atom is 0.134 e. The number of hydrogen-bond acceptors (Lipinski definition) is 4. The summed E-state index contributed by atoms with van der Waals surface area (Å²) in [5.74, 6) is 8.72. The maximum absolute atomic E-state index is 6.14. The van der Waals surface area contributed by atoms with Gasteiger partial charge in [-0.2, -0.15) is 0 Å². The molecule has 1 aliphatic rings. The Hall–Kier alpha value is -2.42. The Balaban J connectivity index is 2.34. The van der Waals surface area contributed by atoms with Crippen LogP contribution in [0, 0.1) is 12.3 Å². The minimum absolute atomic E-state index is 0.499. The average molecular weight is 286 g/mol. The van der Waals surface area contributed by atoms with Crippen LogP contribution in [0.15, 0.2) is 36.4 Å². The van der Waals surface area contributed by atoms with Gasteiger partial charge >= 0.3 is 0 Å². The largest absolute Gasteiger partial charge is 0.403 e. The van der Waals surface area contributed by atoms with E-state index in [4.69, 9.17) is 29.6 Å². The fourth-order valence-corrected chi connectivity index (χ4v) is 2.48. The van der Waals surface area contributed by atoms with Crippen molar-refractivity contribution in [1.29, 1.82) is 0 Å². The van der Waals surface area contributed by atoms with Crippen LogP contribution in [0.2, 0.25) is 5.02 Å². The highest BCUT2D eigenvalue weighted by Gasteiger charge is 2.23. The van der Waals surface area contributed by atoms with E-state index in [1.807, 2.05) is 10.6 Å². The number of halogens is 1. The molecule has 2 heterocycles. The van der Waals surface area contributed by atoms with Crippen LogP contribution in [0.1, 0.15) is 11.4 Å². The zero-order valence-corrected chi connectivity index (χ0v) is 11.3. The fourth-order valence-electron chi connectivity index (χ4n) is 2.31. The number of anilines is 1. The first-order chi connectivity index (χ1) is 9.65. The van der Waals surface area contributed by atoms with E-state index < -0.39 is 0 Å². The molecular formula is C14H12ClN5. The summed E-state index contributed by atoms with van der Waals surface area (Å²) in [4.78, 5) is 4.24. The van der Waals surface area contributed by atoms with Gasteiger partial charge in [0.1, 0.15) is 12.0 Å². The van der Waals surface area contributed by atoms with Crippen molar-refractivity contribution in [2.24, 2.45) is 11.6 Å². The number of nitrogens with zero attached hydrogens (tertiary/aromatic N) is 3. The van der Waals surface area contributed by atoms with Gasteiger partial charge in [0.05, 0.1) is 22.8 Å². The van der Waals surface area contributed by atoms with Gasteiger partial charge in [-0.25, -0.2) is 10.8 Å². The van der Waals surface area contributed by atoms with Crippen molar-refractivity contribution in [3.63, 3.8) is 0 Å². The number of rotatable bonds is 0. The number of hydrazine groups is 1. The number of imidazole rings is 1. The molecule has 1 aromatic carbocycles. The molecule has 100 valence electrons. The molecular weight excluding hydrogens is 274 g/mol. The highest BCUT2D eigenvalue weighted by molar-refractivity contribution is 6.31. The average Bonchev–Trinajstić information content (AvgIpc) is 2.81. The highest BCUT2D eigenvalue weighted by atomic mass is 35.5. The van der Waals surface area contributed by atoms with E-state index in [-0.39, 0.29) is 0 Å². The molecule has 0 radical (unpaired) electrons. The highest BCUT2D eigenvalue weighted by Crippen LogP contribution is 2.34. The quantitative estimate of drug-likeness (QED) is 0.569. The molecule has 0 saturated carbocycles. The third-order valence-electron chi connectivity index (χ3n) is 3.31. The topological polar surface area (TPSA) is 73.1 Å². The Labute approximate surface area is 121 Å². The number of aromatic nitrogens is 2. The minimum Gasteiger partial charge on any atom is -0.403 e. The molecule has 0 aliphatic carbocycles. The van der Waals surface area contributed by atoms with Crippen molar-refractivity contribution >= 4 is 17.3 Å². The molecule has 0 amide bonds. The maximum atomic E-state index is 6.14. The summed E-state index contributed by atoms with van der Waals surface area (Å²) in [5, 5.41) is 2.12. The molecule has 1 aromatic heterocycles. The lowest BCUT2D eigenvalue weighted by Gasteiger charge is -2.21. The molecule has 20 heavy (non-hydrogen) atoms. The van der Waals surface area contributed by atoms with Crippen molar-refractivity contribution in [3.05, 3.63) is 52.8 Å². The van der Waals surface area contributed by atoms with Crippen LogP contribution in [-0.2, 0) is 6.42 Å². The predicted octanol–water partition coefficient (Wildman–Crippen LogP) is 1.54. The van der Waals surface area contributed by atoms with Crippen molar-refractivity contribution in [2.75, 3.05) is 5.01 Å².